The van der Waals surface area contributed by atoms with Gasteiger partial charge in [-0.25, -0.2) is 0 Å². The number of carboxylic acids is 1. The van der Waals surface area contributed by atoms with Gasteiger partial charge in [0, 0.05) is 23.0 Å². The Morgan fingerprint density at radius 1 is 1.32 bits per heavy atom. The van der Waals surface area contributed by atoms with E-state index in [4.69, 9.17) is 22.0 Å². The highest BCUT2D eigenvalue weighted by Crippen LogP contribution is 2.35. The highest BCUT2D eigenvalue weighted by molar-refractivity contribution is 6.31. The maximum absolute atomic E-state index is 12.8. The third-order valence-corrected chi connectivity index (χ3v) is 3.07. The number of nitriles is 1. The maximum Gasteiger partial charge on any atom is 0.416 e. The molecule has 2 rings (SSSR count). The molecule has 8 heteroatoms. The monoisotopic (exact) mass is 328 g/mol. The molecule has 0 fully saturated rings. The van der Waals surface area contributed by atoms with Crippen molar-refractivity contribution in [1.29, 1.82) is 5.26 Å². The molecule has 0 aliphatic carbocycles. The van der Waals surface area contributed by atoms with Gasteiger partial charge < -0.3 is 9.67 Å². The lowest BCUT2D eigenvalue weighted by molar-refractivity contribution is -0.138. The van der Waals surface area contributed by atoms with E-state index in [1.54, 1.807) is 0 Å². The minimum absolute atomic E-state index is 0.0663. The molecular weight excluding hydrogens is 321 g/mol. The van der Waals surface area contributed by atoms with E-state index in [1.807, 2.05) is 6.07 Å². The first-order chi connectivity index (χ1) is 10.2. The number of halogens is 4. The Labute approximate surface area is 128 Å². The number of alkyl halides is 3. The van der Waals surface area contributed by atoms with Crippen LogP contribution in [0.15, 0.2) is 30.6 Å². The minimum atomic E-state index is -4.57. The van der Waals surface area contributed by atoms with Gasteiger partial charge in [-0.1, -0.05) is 11.6 Å². The van der Waals surface area contributed by atoms with E-state index in [2.05, 4.69) is 0 Å². The molecule has 0 amide bonds. The van der Waals surface area contributed by atoms with E-state index >= 15 is 0 Å². The molecule has 0 saturated carbocycles. The van der Waals surface area contributed by atoms with Crippen LogP contribution in [0, 0.1) is 11.3 Å². The van der Waals surface area contributed by atoms with E-state index in [9.17, 15) is 18.0 Å². The Morgan fingerprint density at radius 3 is 2.55 bits per heavy atom. The van der Waals surface area contributed by atoms with Crippen molar-refractivity contribution in [2.75, 3.05) is 0 Å². The van der Waals surface area contributed by atoms with Crippen LogP contribution < -0.4 is 0 Å². The van der Waals surface area contributed by atoms with Gasteiger partial charge >= 0.3 is 12.1 Å². The summed E-state index contributed by atoms with van der Waals surface area (Å²) >= 11 is 5.71. The van der Waals surface area contributed by atoms with Crippen molar-refractivity contribution in [3.63, 3.8) is 0 Å². The van der Waals surface area contributed by atoms with Crippen LogP contribution in [-0.2, 0) is 17.5 Å². The molecule has 0 bridgehead atoms. The van der Waals surface area contributed by atoms with E-state index in [0.29, 0.717) is 0 Å². The van der Waals surface area contributed by atoms with Gasteiger partial charge in [-0.3, -0.25) is 4.79 Å². The van der Waals surface area contributed by atoms with Crippen LogP contribution in [-0.4, -0.2) is 15.6 Å². The van der Waals surface area contributed by atoms with Crippen molar-refractivity contribution in [3.05, 3.63) is 46.7 Å². The zero-order valence-corrected chi connectivity index (χ0v) is 11.6. The molecule has 2 aromatic rings. The minimum Gasteiger partial charge on any atom is -0.480 e. The fourth-order valence-corrected chi connectivity index (χ4v) is 2.22. The summed E-state index contributed by atoms with van der Waals surface area (Å²) in [6.45, 7) is -0.401. The highest BCUT2D eigenvalue weighted by atomic mass is 35.5. The van der Waals surface area contributed by atoms with Gasteiger partial charge in [0.1, 0.15) is 12.6 Å². The first-order valence-corrected chi connectivity index (χ1v) is 6.28. The van der Waals surface area contributed by atoms with Gasteiger partial charge in [-0.2, -0.15) is 18.4 Å². The second-order valence-electron chi connectivity index (χ2n) is 4.49. The van der Waals surface area contributed by atoms with Crippen LogP contribution in [0.25, 0.3) is 11.1 Å². The third kappa shape index (κ3) is 3.40. The Bertz CT molecular complexity index is 775. The molecule has 4 nitrogen and oxygen atoms in total. The topological polar surface area (TPSA) is 66.0 Å². The Balaban J connectivity index is 2.56. The van der Waals surface area contributed by atoms with Crippen LogP contribution in [0.2, 0.25) is 5.02 Å². The summed E-state index contributed by atoms with van der Waals surface area (Å²) in [5.41, 5.74) is -0.584. The number of carbonyl (C=O) groups is 1. The first-order valence-electron chi connectivity index (χ1n) is 5.90. The van der Waals surface area contributed by atoms with Gasteiger partial charge in [0.2, 0.25) is 0 Å². The normalized spacial score (nSPS) is 11.2. The number of aliphatic carboxylic acids is 1. The molecule has 0 unspecified atom stereocenters. The molecule has 0 aliphatic rings. The van der Waals surface area contributed by atoms with E-state index in [-0.39, 0.29) is 21.7 Å². The summed E-state index contributed by atoms with van der Waals surface area (Å²) < 4.78 is 39.7. The van der Waals surface area contributed by atoms with Crippen LogP contribution >= 0.6 is 11.6 Å². The molecule has 1 aromatic heterocycles. The average molecular weight is 329 g/mol. The molecule has 1 aromatic carbocycles. The quantitative estimate of drug-likeness (QED) is 0.932. The van der Waals surface area contributed by atoms with E-state index < -0.39 is 24.3 Å². The maximum atomic E-state index is 12.8. The van der Waals surface area contributed by atoms with E-state index in [1.165, 1.54) is 23.0 Å². The summed E-state index contributed by atoms with van der Waals surface area (Å²) in [7, 11) is 0. The lowest BCUT2D eigenvalue weighted by atomic mass is 10.0. The van der Waals surface area contributed by atoms with Crippen LogP contribution in [0.5, 0.6) is 0 Å². The van der Waals surface area contributed by atoms with Crippen molar-refractivity contribution < 1.29 is 23.1 Å². The molecule has 1 N–H and O–H groups in total. The standard InChI is InChI=1S/C14H8ClF3N2O2/c15-11-2-8(1-10(3-11)14(16,17)18)12-6-20(7-13(21)22)5-9(12)4-19/h1-3,5-6H,7H2,(H,21,22). The second-order valence-corrected chi connectivity index (χ2v) is 4.93. The van der Waals surface area contributed by atoms with Crippen molar-refractivity contribution in [3.8, 4) is 17.2 Å². The molecule has 0 saturated heterocycles. The Hall–Kier alpha value is -2.46. The van der Waals surface area contributed by atoms with Crippen molar-refractivity contribution in [1.82, 2.24) is 4.57 Å². The predicted molar refractivity (Wildman–Crippen MR) is 72.2 cm³/mol. The molecule has 0 spiro atoms. The summed E-state index contributed by atoms with van der Waals surface area (Å²) in [6, 6.07) is 4.77. The van der Waals surface area contributed by atoms with Gasteiger partial charge in [-0.05, 0) is 23.8 Å². The highest BCUT2D eigenvalue weighted by Gasteiger charge is 2.31. The van der Waals surface area contributed by atoms with Crippen LogP contribution in [0.1, 0.15) is 11.1 Å². The second kappa shape index (κ2) is 5.73. The number of hydrogen-bond donors (Lipinski definition) is 1. The smallest absolute Gasteiger partial charge is 0.416 e. The number of benzene rings is 1. The summed E-state index contributed by atoms with van der Waals surface area (Å²) in [4.78, 5) is 10.7. The number of nitrogens with zero attached hydrogens (tertiary/aromatic N) is 2. The molecule has 0 radical (unpaired) electrons. The SMILES string of the molecule is N#Cc1cn(CC(=O)O)cc1-c1cc(Cl)cc(C(F)(F)F)c1. The van der Waals surface area contributed by atoms with Gasteiger partial charge in [-0.15, -0.1) is 0 Å². The Morgan fingerprint density at radius 2 is 2.00 bits per heavy atom. The fraction of sp³-hybridized carbons (Fsp3) is 0.143. The average Bonchev–Trinajstić information content (AvgIpc) is 2.79. The number of rotatable bonds is 3. The van der Waals surface area contributed by atoms with Crippen molar-refractivity contribution >= 4 is 17.6 Å². The lowest BCUT2D eigenvalue weighted by Gasteiger charge is -2.09. The number of hydrogen-bond acceptors (Lipinski definition) is 2. The van der Waals surface area contributed by atoms with Gasteiger partial charge in [0.05, 0.1) is 11.1 Å². The molecule has 22 heavy (non-hydrogen) atoms. The zero-order valence-electron chi connectivity index (χ0n) is 10.9. The molecule has 0 atom stereocenters. The zero-order chi connectivity index (χ0) is 16.5. The van der Waals surface area contributed by atoms with Gasteiger partial charge in [0.15, 0.2) is 0 Å². The van der Waals surface area contributed by atoms with Gasteiger partial charge in [0.25, 0.3) is 0 Å². The molecule has 114 valence electrons. The molecule has 1 heterocycles. The lowest BCUT2D eigenvalue weighted by Crippen LogP contribution is -2.06. The third-order valence-electron chi connectivity index (χ3n) is 2.85. The first kappa shape index (κ1) is 15.9. The van der Waals surface area contributed by atoms with Crippen LogP contribution in [0.4, 0.5) is 13.2 Å². The van der Waals surface area contributed by atoms with Crippen molar-refractivity contribution in [2.24, 2.45) is 0 Å². The van der Waals surface area contributed by atoms with E-state index in [0.717, 1.165) is 12.1 Å². The van der Waals surface area contributed by atoms with Crippen molar-refractivity contribution in [2.45, 2.75) is 12.7 Å². The summed E-state index contributed by atoms with van der Waals surface area (Å²) in [5.74, 6) is -1.13. The Kier molecular flexibility index (Phi) is 4.15. The molecular formula is C14H8ClF3N2O2. The fourth-order valence-electron chi connectivity index (χ4n) is 1.98. The summed E-state index contributed by atoms with van der Waals surface area (Å²) in [5, 5.41) is 17.7. The number of aromatic nitrogens is 1. The number of carboxylic acid groups (broad SMARTS) is 1. The largest absolute Gasteiger partial charge is 0.480 e. The molecule has 0 aliphatic heterocycles. The predicted octanol–water partition coefficient (Wildman–Crippen LogP) is 3.78. The van der Waals surface area contributed by atoms with Crippen LogP contribution in [0.3, 0.4) is 0 Å². The summed E-state index contributed by atoms with van der Waals surface area (Å²) in [6.07, 6.45) is -2.01.